The van der Waals surface area contributed by atoms with E-state index in [9.17, 15) is 9.59 Å². The maximum Gasteiger partial charge on any atom is 0.339 e. The first-order chi connectivity index (χ1) is 14.3. The number of aromatic nitrogens is 2. The van der Waals surface area contributed by atoms with E-state index in [2.05, 4.69) is 24.1 Å². The topological polar surface area (TPSA) is 112 Å². The van der Waals surface area contributed by atoms with E-state index in [4.69, 9.17) is 15.3 Å². The second-order valence-electron chi connectivity index (χ2n) is 7.71. The van der Waals surface area contributed by atoms with Crippen molar-refractivity contribution >= 4 is 23.4 Å². The third kappa shape index (κ3) is 4.56. The fraction of sp³-hybridized carbons (Fsp3) is 0.476. The molecular weight excluding hydrogens is 386 g/mol. The predicted octanol–water partition coefficient (Wildman–Crippen LogP) is 2.47. The molecule has 9 nitrogen and oxygen atoms in total. The van der Waals surface area contributed by atoms with Crippen molar-refractivity contribution < 1.29 is 14.4 Å². The van der Waals surface area contributed by atoms with Crippen LogP contribution in [0.2, 0.25) is 0 Å². The van der Waals surface area contributed by atoms with E-state index in [-0.39, 0.29) is 36.4 Å². The second-order valence-corrected chi connectivity index (χ2v) is 7.71. The lowest BCUT2D eigenvalue weighted by atomic mass is 9.97. The smallest absolute Gasteiger partial charge is 0.339 e. The van der Waals surface area contributed by atoms with Gasteiger partial charge in [0.2, 0.25) is 5.95 Å². The Kier molecular flexibility index (Phi) is 6.61. The van der Waals surface area contributed by atoms with Crippen molar-refractivity contribution in [3.05, 3.63) is 45.7 Å². The molecular formula is C21H29N5O4. The van der Waals surface area contributed by atoms with Gasteiger partial charge >= 0.3 is 5.97 Å². The summed E-state index contributed by atoms with van der Waals surface area (Å²) in [6.07, 6.45) is 0.989. The highest BCUT2D eigenvalue weighted by Gasteiger charge is 2.30. The van der Waals surface area contributed by atoms with Crippen LogP contribution in [0.25, 0.3) is 0 Å². The van der Waals surface area contributed by atoms with Crippen LogP contribution in [-0.2, 0) is 27.5 Å². The number of nitrogens with zero attached hydrogens (tertiary/aromatic N) is 3. The van der Waals surface area contributed by atoms with Crippen LogP contribution in [0.5, 0.6) is 0 Å². The molecule has 30 heavy (non-hydrogen) atoms. The average Bonchev–Trinajstić information content (AvgIpc) is 3.10. The van der Waals surface area contributed by atoms with Gasteiger partial charge in [0.25, 0.3) is 5.56 Å². The van der Waals surface area contributed by atoms with E-state index in [0.29, 0.717) is 12.5 Å². The molecule has 1 atom stereocenters. The highest BCUT2D eigenvalue weighted by Crippen LogP contribution is 2.28. The summed E-state index contributed by atoms with van der Waals surface area (Å²) >= 11 is 0. The first-order valence-corrected chi connectivity index (χ1v) is 10.1. The van der Waals surface area contributed by atoms with Crippen LogP contribution in [0.4, 0.5) is 17.5 Å². The van der Waals surface area contributed by atoms with Crippen molar-refractivity contribution in [1.82, 2.24) is 9.55 Å². The number of hydrogen-bond donors (Lipinski definition) is 2. The lowest BCUT2D eigenvalue weighted by Crippen LogP contribution is -2.30. The van der Waals surface area contributed by atoms with Gasteiger partial charge in [0.15, 0.2) is 5.82 Å². The fourth-order valence-electron chi connectivity index (χ4n) is 3.24. The number of rotatable bonds is 8. The Balaban J connectivity index is 1.72. The van der Waals surface area contributed by atoms with Gasteiger partial charge in [-0.3, -0.25) is 9.36 Å². The molecule has 0 saturated heterocycles. The Morgan fingerprint density at radius 3 is 2.60 bits per heavy atom. The summed E-state index contributed by atoms with van der Waals surface area (Å²) in [6, 6.07) is 7.97. The average molecular weight is 415 g/mol. The fourth-order valence-corrected chi connectivity index (χ4v) is 3.24. The second kappa shape index (κ2) is 9.17. The summed E-state index contributed by atoms with van der Waals surface area (Å²) in [5.74, 6) is -0.166. The molecule has 3 rings (SSSR count). The number of anilines is 3. The molecule has 0 saturated carbocycles. The van der Waals surface area contributed by atoms with Crippen LogP contribution < -0.4 is 21.7 Å². The highest BCUT2D eigenvalue weighted by molar-refractivity contribution is 5.80. The minimum absolute atomic E-state index is 0.00670. The van der Waals surface area contributed by atoms with Crippen molar-refractivity contribution in [2.24, 2.45) is 5.92 Å². The number of hydrogen-bond acceptors (Lipinski definition) is 8. The zero-order chi connectivity index (χ0) is 21.8. The molecule has 0 spiro atoms. The lowest BCUT2D eigenvalue weighted by Gasteiger charge is -2.19. The number of fused-ring (bicyclic) bond motifs is 1. The molecule has 0 fully saturated rings. The molecule has 1 unspecified atom stereocenters. The summed E-state index contributed by atoms with van der Waals surface area (Å²) in [5.41, 5.74) is 7.84. The number of nitrogens with one attached hydrogen (secondary N) is 1. The van der Waals surface area contributed by atoms with Crippen LogP contribution >= 0.6 is 0 Å². The van der Waals surface area contributed by atoms with Crippen molar-refractivity contribution in [2.45, 2.75) is 46.8 Å². The first kappa shape index (κ1) is 21.6. The number of carbonyl (C=O) groups is 1. The van der Waals surface area contributed by atoms with Crippen LogP contribution in [0.3, 0.4) is 0 Å². The minimum atomic E-state index is -0.474. The van der Waals surface area contributed by atoms with E-state index in [1.165, 1.54) is 15.2 Å². The zero-order valence-corrected chi connectivity index (χ0v) is 17.8. The van der Waals surface area contributed by atoms with Gasteiger partial charge in [0.05, 0.1) is 5.92 Å². The minimum Gasteiger partial charge on any atom is -0.369 e. The van der Waals surface area contributed by atoms with Crippen molar-refractivity contribution in [1.29, 1.82) is 0 Å². The molecule has 162 valence electrons. The van der Waals surface area contributed by atoms with Gasteiger partial charge in [0, 0.05) is 6.61 Å². The summed E-state index contributed by atoms with van der Waals surface area (Å²) in [5, 5.41) is 4.17. The van der Waals surface area contributed by atoms with Gasteiger partial charge in [-0.2, -0.15) is 10.0 Å². The van der Waals surface area contributed by atoms with Crippen LogP contribution in [0, 0.1) is 5.92 Å². The number of carbonyl (C=O) groups excluding carboxylic acids is 1. The Hall–Kier alpha value is -3.07. The number of nitrogens with two attached hydrogens (primary N) is 1. The molecule has 2 aromatic rings. The molecule has 1 aromatic heterocycles. The van der Waals surface area contributed by atoms with E-state index in [1.54, 1.807) is 6.92 Å². The van der Waals surface area contributed by atoms with Gasteiger partial charge in [0.1, 0.15) is 19.1 Å². The van der Waals surface area contributed by atoms with Gasteiger partial charge < -0.3 is 20.6 Å². The summed E-state index contributed by atoms with van der Waals surface area (Å²) < 4.78 is 6.48. The molecule has 1 aliphatic rings. The quantitative estimate of drug-likeness (QED) is 0.676. The van der Waals surface area contributed by atoms with Gasteiger partial charge in [-0.05, 0) is 37.3 Å². The molecule has 9 heteroatoms. The predicted molar refractivity (Wildman–Crippen MR) is 115 cm³/mol. The maximum absolute atomic E-state index is 12.7. The Bertz CT molecular complexity index is 955. The third-order valence-electron chi connectivity index (χ3n) is 4.92. The molecule has 3 N–H and O–H groups in total. The van der Waals surface area contributed by atoms with Crippen molar-refractivity contribution in [2.75, 3.05) is 29.4 Å². The van der Waals surface area contributed by atoms with Crippen LogP contribution in [0.1, 0.15) is 44.7 Å². The van der Waals surface area contributed by atoms with Crippen molar-refractivity contribution in [3.63, 3.8) is 0 Å². The van der Waals surface area contributed by atoms with E-state index in [1.807, 2.05) is 31.2 Å². The SMILES string of the molecule is CCOCn1c(N)nc2c(c1=O)NCN2OC(=O)C(C)c1ccc(CC(C)C)cc1. The highest BCUT2D eigenvalue weighted by atomic mass is 16.7. The molecule has 0 bridgehead atoms. The monoisotopic (exact) mass is 415 g/mol. The summed E-state index contributed by atoms with van der Waals surface area (Å²) in [7, 11) is 0. The molecule has 1 aromatic carbocycles. The number of ether oxygens (including phenoxy) is 1. The maximum atomic E-state index is 12.7. The Labute approximate surface area is 175 Å². The van der Waals surface area contributed by atoms with Crippen LogP contribution in [-0.4, -0.2) is 28.8 Å². The lowest BCUT2D eigenvalue weighted by molar-refractivity contribution is -0.146. The van der Waals surface area contributed by atoms with Gasteiger partial charge in [-0.15, -0.1) is 0 Å². The number of nitrogen functional groups attached to an aromatic ring is 1. The van der Waals surface area contributed by atoms with Gasteiger partial charge in [-0.1, -0.05) is 38.1 Å². The van der Waals surface area contributed by atoms with E-state index < -0.39 is 11.9 Å². The largest absolute Gasteiger partial charge is 0.369 e. The first-order valence-electron chi connectivity index (χ1n) is 10.1. The third-order valence-corrected chi connectivity index (χ3v) is 4.92. The molecule has 2 heterocycles. The Morgan fingerprint density at radius 1 is 1.27 bits per heavy atom. The van der Waals surface area contributed by atoms with Crippen LogP contribution in [0.15, 0.2) is 29.1 Å². The summed E-state index contributed by atoms with van der Waals surface area (Å²) in [6.45, 7) is 8.50. The molecule has 0 radical (unpaired) electrons. The standard InChI is InChI=1S/C21H29N5O4/c1-5-29-12-25-19(27)17-18(24-21(25)22)26(11-23-17)30-20(28)14(4)16-8-6-15(7-9-16)10-13(2)3/h6-9,13-14,23H,5,10-12H2,1-4H3,(H2,22,24). The zero-order valence-electron chi connectivity index (χ0n) is 17.8. The van der Waals surface area contributed by atoms with Gasteiger partial charge in [-0.25, -0.2) is 4.79 Å². The van der Waals surface area contributed by atoms with E-state index >= 15 is 0 Å². The number of hydroxylamine groups is 1. The Morgan fingerprint density at radius 2 is 1.97 bits per heavy atom. The number of benzene rings is 1. The van der Waals surface area contributed by atoms with E-state index in [0.717, 1.165) is 12.0 Å². The van der Waals surface area contributed by atoms with Crippen molar-refractivity contribution in [3.8, 4) is 0 Å². The molecule has 0 amide bonds. The molecule has 0 aliphatic carbocycles. The summed E-state index contributed by atoms with van der Waals surface area (Å²) in [4.78, 5) is 35.0. The normalized spacial score (nSPS) is 13.8. The molecule has 1 aliphatic heterocycles.